The molecule has 0 spiro atoms. The zero-order chi connectivity index (χ0) is 18.5. The smallest absolute Gasteiger partial charge is 0.254 e. The van der Waals surface area contributed by atoms with Crippen molar-refractivity contribution < 1.29 is 13.9 Å². The molecular weight excluding hydrogens is 354 g/mol. The lowest BCUT2D eigenvalue weighted by molar-refractivity contribution is 0.0664. The lowest BCUT2D eigenvalue weighted by atomic mass is 10.1. The molecule has 1 heterocycles. The molecule has 0 radical (unpaired) electrons. The van der Waals surface area contributed by atoms with Gasteiger partial charge in [-0.05, 0) is 36.4 Å². The molecule has 3 aromatic rings. The number of rotatable bonds is 6. The van der Waals surface area contributed by atoms with E-state index < -0.39 is 0 Å². The van der Waals surface area contributed by atoms with E-state index in [1.54, 1.807) is 54.5 Å². The first-order valence-corrected chi connectivity index (χ1v) is 8.32. The Balaban J connectivity index is 1.86. The summed E-state index contributed by atoms with van der Waals surface area (Å²) in [5, 5.41) is 9.60. The Kier molecular flexibility index (Phi) is 5.52. The molecule has 1 amide bonds. The first kappa shape index (κ1) is 17.9. The van der Waals surface area contributed by atoms with E-state index in [9.17, 15) is 4.79 Å². The number of ether oxygens (including phenoxy) is 1. The van der Waals surface area contributed by atoms with Gasteiger partial charge in [-0.15, -0.1) is 0 Å². The van der Waals surface area contributed by atoms with Gasteiger partial charge >= 0.3 is 0 Å². The second-order valence-electron chi connectivity index (χ2n) is 5.63. The summed E-state index contributed by atoms with van der Waals surface area (Å²) >= 11 is 5.97. The molecule has 0 bridgehead atoms. The summed E-state index contributed by atoms with van der Waals surface area (Å²) in [5.74, 6) is 0.183. The van der Waals surface area contributed by atoms with Crippen molar-refractivity contribution in [2.45, 2.75) is 6.54 Å². The molecule has 1 aromatic heterocycles. The lowest BCUT2D eigenvalue weighted by Gasteiger charge is -2.21. The highest BCUT2D eigenvalue weighted by Crippen LogP contribution is 2.21. The Morgan fingerprint density at radius 3 is 2.96 bits per heavy atom. The lowest BCUT2D eigenvalue weighted by Crippen LogP contribution is -2.33. The molecule has 3 rings (SSSR count). The molecule has 132 valence electrons. The summed E-state index contributed by atoms with van der Waals surface area (Å²) in [6.45, 7) is 0.923. The van der Waals surface area contributed by atoms with Crippen LogP contribution >= 0.6 is 11.6 Å². The highest BCUT2D eigenvalue weighted by Gasteiger charge is 2.19. The molecule has 0 aliphatic heterocycles. The second-order valence-corrected chi connectivity index (χ2v) is 6.07. The molecule has 0 aliphatic rings. The van der Waals surface area contributed by atoms with Crippen LogP contribution in [0, 0.1) is 11.3 Å². The Morgan fingerprint density at radius 1 is 1.35 bits per heavy atom. The number of hydrogen-bond acceptors (Lipinski definition) is 5. The first-order chi connectivity index (χ1) is 12.6. The van der Waals surface area contributed by atoms with Gasteiger partial charge in [-0.2, -0.15) is 5.26 Å². The Labute approximate surface area is 155 Å². The summed E-state index contributed by atoms with van der Waals surface area (Å²) in [6, 6.07) is 13.8. The third kappa shape index (κ3) is 4.02. The van der Waals surface area contributed by atoms with E-state index in [1.807, 2.05) is 6.07 Å². The minimum Gasteiger partial charge on any atom is -0.439 e. The summed E-state index contributed by atoms with van der Waals surface area (Å²) in [5.41, 5.74) is 2.10. The monoisotopic (exact) mass is 369 g/mol. The first-order valence-electron chi connectivity index (χ1n) is 7.94. The fourth-order valence-electron chi connectivity index (χ4n) is 2.54. The van der Waals surface area contributed by atoms with E-state index in [4.69, 9.17) is 26.0 Å². The molecule has 0 saturated heterocycles. The van der Waals surface area contributed by atoms with Gasteiger partial charge in [-0.25, -0.2) is 4.98 Å². The third-order valence-corrected chi connectivity index (χ3v) is 4.05. The standard InChI is InChI=1S/C19H16ClN3O3/c1-25-8-7-23(19(24)14-4-2-3-13(9-14)11-21)12-18-22-16-10-15(20)5-6-17(16)26-18/h2-6,9-10H,7-8,12H2,1H3. The fourth-order valence-corrected chi connectivity index (χ4v) is 2.70. The Morgan fingerprint density at radius 2 is 2.19 bits per heavy atom. The van der Waals surface area contributed by atoms with Gasteiger partial charge in [-0.1, -0.05) is 17.7 Å². The molecule has 6 nitrogen and oxygen atoms in total. The SMILES string of the molecule is COCCN(Cc1nc2cc(Cl)ccc2o1)C(=O)c1cccc(C#N)c1. The minimum absolute atomic E-state index is 0.186. The number of methoxy groups -OCH3 is 1. The van der Waals surface area contributed by atoms with Crippen LogP contribution in [-0.4, -0.2) is 36.1 Å². The van der Waals surface area contributed by atoms with Gasteiger partial charge in [0.05, 0.1) is 24.8 Å². The number of hydrogen-bond donors (Lipinski definition) is 0. The maximum Gasteiger partial charge on any atom is 0.254 e. The van der Waals surface area contributed by atoms with Crippen LogP contribution in [0.4, 0.5) is 0 Å². The second kappa shape index (κ2) is 8.00. The minimum atomic E-state index is -0.223. The van der Waals surface area contributed by atoms with E-state index in [-0.39, 0.29) is 12.5 Å². The maximum absolute atomic E-state index is 12.9. The molecule has 7 heteroatoms. The largest absolute Gasteiger partial charge is 0.439 e. The number of carbonyl (C=O) groups excluding carboxylic acids is 1. The highest BCUT2D eigenvalue weighted by atomic mass is 35.5. The van der Waals surface area contributed by atoms with Crippen LogP contribution in [0.2, 0.25) is 5.02 Å². The molecule has 0 unspecified atom stereocenters. The van der Waals surface area contributed by atoms with Crippen LogP contribution < -0.4 is 0 Å². The average Bonchev–Trinajstić information content (AvgIpc) is 3.06. The van der Waals surface area contributed by atoms with Crippen LogP contribution in [0.15, 0.2) is 46.9 Å². The van der Waals surface area contributed by atoms with Crippen LogP contribution in [0.5, 0.6) is 0 Å². The Hall–Kier alpha value is -2.88. The molecule has 0 aliphatic carbocycles. The van der Waals surface area contributed by atoms with Crippen molar-refractivity contribution in [3.05, 3.63) is 64.5 Å². The zero-order valence-electron chi connectivity index (χ0n) is 14.1. The fraction of sp³-hybridized carbons (Fsp3) is 0.211. The van der Waals surface area contributed by atoms with Crippen molar-refractivity contribution in [1.29, 1.82) is 5.26 Å². The van der Waals surface area contributed by atoms with Crippen LogP contribution in [-0.2, 0) is 11.3 Å². The van der Waals surface area contributed by atoms with Gasteiger partial charge in [0.1, 0.15) is 5.52 Å². The normalized spacial score (nSPS) is 10.7. The number of carbonyl (C=O) groups is 1. The van der Waals surface area contributed by atoms with Crippen LogP contribution in [0.25, 0.3) is 11.1 Å². The van der Waals surface area contributed by atoms with Crippen molar-refractivity contribution in [2.24, 2.45) is 0 Å². The van der Waals surface area contributed by atoms with Crippen molar-refractivity contribution in [3.63, 3.8) is 0 Å². The predicted octanol–water partition coefficient (Wildman–Crippen LogP) is 3.64. The number of halogens is 1. The number of amides is 1. The summed E-state index contributed by atoms with van der Waals surface area (Å²) in [7, 11) is 1.57. The van der Waals surface area contributed by atoms with Crippen LogP contribution in [0.1, 0.15) is 21.8 Å². The number of aromatic nitrogens is 1. The Bertz CT molecular complexity index is 978. The summed E-state index contributed by atoms with van der Waals surface area (Å²) < 4.78 is 10.8. The third-order valence-electron chi connectivity index (χ3n) is 3.81. The van der Waals surface area contributed by atoms with E-state index >= 15 is 0 Å². The molecular formula is C19H16ClN3O3. The van der Waals surface area contributed by atoms with Gasteiger partial charge in [0.2, 0.25) is 5.89 Å². The van der Waals surface area contributed by atoms with Gasteiger partial charge in [0, 0.05) is 24.2 Å². The molecule has 0 atom stereocenters. The van der Waals surface area contributed by atoms with Crippen molar-refractivity contribution in [2.75, 3.05) is 20.3 Å². The molecule has 2 aromatic carbocycles. The molecule has 0 saturated carbocycles. The number of nitriles is 1. The van der Waals surface area contributed by atoms with Gasteiger partial charge in [0.25, 0.3) is 5.91 Å². The van der Waals surface area contributed by atoms with Crippen LogP contribution in [0.3, 0.4) is 0 Å². The zero-order valence-corrected chi connectivity index (χ0v) is 14.9. The number of nitrogens with zero attached hydrogens (tertiary/aromatic N) is 3. The maximum atomic E-state index is 12.9. The molecule has 26 heavy (non-hydrogen) atoms. The predicted molar refractivity (Wildman–Crippen MR) is 96.8 cm³/mol. The van der Waals surface area contributed by atoms with Gasteiger partial charge in [-0.3, -0.25) is 4.79 Å². The van der Waals surface area contributed by atoms with Gasteiger partial charge in [0.15, 0.2) is 5.58 Å². The number of benzene rings is 2. The van der Waals surface area contributed by atoms with E-state index in [0.29, 0.717) is 46.3 Å². The summed E-state index contributed by atoms with van der Waals surface area (Å²) in [4.78, 5) is 18.8. The average molecular weight is 370 g/mol. The summed E-state index contributed by atoms with van der Waals surface area (Å²) in [6.07, 6.45) is 0. The molecule has 0 fully saturated rings. The van der Waals surface area contributed by atoms with Gasteiger partial charge < -0.3 is 14.1 Å². The molecule has 0 N–H and O–H groups in total. The quantitative estimate of drug-likeness (QED) is 0.662. The number of fused-ring (bicyclic) bond motifs is 1. The topological polar surface area (TPSA) is 79.4 Å². The number of oxazole rings is 1. The van der Waals surface area contributed by atoms with Crippen molar-refractivity contribution in [3.8, 4) is 6.07 Å². The highest BCUT2D eigenvalue weighted by molar-refractivity contribution is 6.31. The van der Waals surface area contributed by atoms with E-state index in [1.165, 1.54) is 0 Å². The van der Waals surface area contributed by atoms with E-state index in [2.05, 4.69) is 4.98 Å². The van der Waals surface area contributed by atoms with E-state index in [0.717, 1.165) is 0 Å². The van der Waals surface area contributed by atoms with Crippen molar-refractivity contribution in [1.82, 2.24) is 9.88 Å². The van der Waals surface area contributed by atoms with Crippen molar-refractivity contribution >= 4 is 28.6 Å².